The van der Waals surface area contributed by atoms with Gasteiger partial charge in [0.15, 0.2) is 9.84 Å². The van der Waals surface area contributed by atoms with Gasteiger partial charge in [-0.1, -0.05) is 12.8 Å². The first-order valence-corrected chi connectivity index (χ1v) is 8.70. The third-order valence-corrected chi connectivity index (χ3v) is 5.11. The van der Waals surface area contributed by atoms with Gasteiger partial charge in [-0.3, -0.25) is 0 Å². The molecule has 112 valence electrons. The number of nitrogens with zero attached hydrogens (tertiary/aromatic N) is 1. The number of sulfone groups is 1. The van der Waals surface area contributed by atoms with Crippen LogP contribution in [0.3, 0.4) is 0 Å². The van der Waals surface area contributed by atoms with Gasteiger partial charge < -0.3 is 15.7 Å². The zero-order chi connectivity index (χ0) is 14.9. The molecule has 1 aliphatic carbocycles. The number of aliphatic hydroxyl groups is 1. The molecular weight excluding hydrogens is 276 g/mol. The first-order valence-electron chi connectivity index (χ1n) is 6.81. The minimum absolute atomic E-state index is 0.0372. The van der Waals surface area contributed by atoms with Gasteiger partial charge in [0.2, 0.25) is 0 Å². The summed E-state index contributed by atoms with van der Waals surface area (Å²) in [4.78, 5) is 2.18. The molecule has 6 heteroatoms. The van der Waals surface area contributed by atoms with Crippen LogP contribution >= 0.6 is 0 Å². The molecule has 0 amide bonds. The molecule has 2 atom stereocenters. The van der Waals surface area contributed by atoms with Gasteiger partial charge in [-0.25, -0.2) is 8.42 Å². The van der Waals surface area contributed by atoms with E-state index in [1.165, 1.54) is 6.07 Å². The maximum Gasteiger partial charge on any atom is 0.175 e. The fraction of sp³-hybridized carbons (Fsp3) is 0.571. The second-order valence-corrected chi connectivity index (χ2v) is 7.54. The van der Waals surface area contributed by atoms with Crippen LogP contribution in [0.5, 0.6) is 0 Å². The number of hydrogen-bond donors (Lipinski definition) is 2. The van der Waals surface area contributed by atoms with Crippen molar-refractivity contribution < 1.29 is 13.5 Å². The zero-order valence-electron chi connectivity index (χ0n) is 11.9. The highest BCUT2D eigenvalue weighted by atomic mass is 32.2. The number of likely N-dealkylation sites (N-methyl/N-ethyl adjacent to an activating group) is 1. The lowest BCUT2D eigenvalue weighted by Crippen LogP contribution is -2.43. The molecule has 1 fully saturated rings. The largest absolute Gasteiger partial charge is 0.397 e. The van der Waals surface area contributed by atoms with E-state index in [0.717, 1.165) is 37.6 Å². The van der Waals surface area contributed by atoms with Crippen LogP contribution in [-0.2, 0) is 9.84 Å². The number of nitrogens with two attached hydrogens (primary N) is 1. The molecule has 1 aromatic carbocycles. The highest BCUT2D eigenvalue weighted by Crippen LogP contribution is 2.31. The van der Waals surface area contributed by atoms with E-state index in [0.29, 0.717) is 5.69 Å². The van der Waals surface area contributed by atoms with Crippen LogP contribution < -0.4 is 10.6 Å². The molecule has 1 aromatic rings. The van der Waals surface area contributed by atoms with Crippen LogP contribution in [0.4, 0.5) is 11.4 Å². The summed E-state index contributed by atoms with van der Waals surface area (Å²) < 4.78 is 23.0. The Balaban J connectivity index is 2.28. The van der Waals surface area contributed by atoms with Crippen LogP contribution in [0.15, 0.2) is 23.1 Å². The van der Waals surface area contributed by atoms with Gasteiger partial charge in [0.1, 0.15) is 0 Å². The topological polar surface area (TPSA) is 83.6 Å². The summed E-state index contributed by atoms with van der Waals surface area (Å²) in [7, 11) is -1.36. The Bertz CT molecular complexity index is 586. The second-order valence-electron chi connectivity index (χ2n) is 5.52. The van der Waals surface area contributed by atoms with Crippen molar-refractivity contribution in [3.8, 4) is 0 Å². The monoisotopic (exact) mass is 298 g/mol. The number of hydrogen-bond acceptors (Lipinski definition) is 5. The number of nitrogen functional groups attached to an aromatic ring is 1. The molecule has 20 heavy (non-hydrogen) atoms. The molecule has 1 saturated carbocycles. The van der Waals surface area contributed by atoms with Crippen LogP contribution in [0.2, 0.25) is 0 Å². The quantitative estimate of drug-likeness (QED) is 0.824. The predicted octanol–water partition coefficient (Wildman–Crippen LogP) is 1.41. The lowest BCUT2D eigenvalue weighted by molar-refractivity contribution is 0.106. The highest BCUT2D eigenvalue weighted by molar-refractivity contribution is 7.90. The Labute approximate surface area is 120 Å². The van der Waals surface area contributed by atoms with Crippen molar-refractivity contribution >= 4 is 21.2 Å². The normalized spacial score (nSPS) is 23.6. The number of rotatable bonds is 3. The van der Waals surface area contributed by atoms with Crippen molar-refractivity contribution in [2.24, 2.45) is 0 Å². The molecule has 2 rings (SSSR count). The predicted molar refractivity (Wildman–Crippen MR) is 80.6 cm³/mol. The van der Waals surface area contributed by atoms with Crippen molar-refractivity contribution in [1.29, 1.82) is 0 Å². The Kier molecular flexibility index (Phi) is 4.25. The molecule has 0 bridgehead atoms. The molecule has 0 radical (unpaired) electrons. The van der Waals surface area contributed by atoms with E-state index in [-0.39, 0.29) is 17.0 Å². The zero-order valence-corrected chi connectivity index (χ0v) is 12.7. The molecule has 3 N–H and O–H groups in total. The molecule has 1 aliphatic rings. The average Bonchev–Trinajstić information content (AvgIpc) is 2.37. The van der Waals surface area contributed by atoms with E-state index in [2.05, 4.69) is 0 Å². The summed E-state index contributed by atoms with van der Waals surface area (Å²) in [5.74, 6) is 0. The van der Waals surface area contributed by atoms with E-state index in [9.17, 15) is 13.5 Å². The lowest BCUT2D eigenvalue weighted by atomic mass is 9.91. The molecule has 0 saturated heterocycles. The average molecular weight is 298 g/mol. The van der Waals surface area contributed by atoms with E-state index in [1.54, 1.807) is 12.1 Å². The summed E-state index contributed by atoms with van der Waals surface area (Å²) in [6, 6.07) is 4.80. The smallest absolute Gasteiger partial charge is 0.175 e. The van der Waals surface area contributed by atoms with E-state index < -0.39 is 9.84 Å². The first-order chi connectivity index (χ1) is 9.30. The molecule has 0 spiro atoms. The summed E-state index contributed by atoms with van der Waals surface area (Å²) >= 11 is 0. The van der Waals surface area contributed by atoms with Gasteiger partial charge in [-0.15, -0.1) is 0 Å². The Morgan fingerprint density at radius 2 is 1.95 bits per heavy atom. The summed E-state index contributed by atoms with van der Waals surface area (Å²) in [5, 5.41) is 10.1. The number of anilines is 2. The maximum atomic E-state index is 11.5. The number of benzene rings is 1. The molecule has 2 unspecified atom stereocenters. The van der Waals surface area contributed by atoms with Gasteiger partial charge in [-0.2, -0.15) is 0 Å². The van der Waals surface area contributed by atoms with E-state index in [4.69, 9.17) is 5.73 Å². The minimum atomic E-state index is -3.25. The van der Waals surface area contributed by atoms with Crippen LogP contribution in [0, 0.1) is 0 Å². The fourth-order valence-electron chi connectivity index (χ4n) is 2.81. The van der Waals surface area contributed by atoms with Crippen molar-refractivity contribution in [1.82, 2.24) is 0 Å². The standard InChI is InChI=1S/C14H22N2O3S/c1-16(13-5-3-4-6-14(13)17)12-8-7-10(9-11(12)15)20(2,18)19/h7-9,13-14,17H,3-6,15H2,1-2H3. The van der Waals surface area contributed by atoms with Crippen LogP contribution in [0.25, 0.3) is 0 Å². The van der Waals surface area contributed by atoms with Gasteiger partial charge in [0.05, 0.1) is 28.4 Å². The van der Waals surface area contributed by atoms with Crippen molar-refractivity contribution in [2.75, 3.05) is 23.9 Å². The van der Waals surface area contributed by atoms with Crippen LogP contribution in [0.1, 0.15) is 25.7 Å². The summed E-state index contributed by atoms with van der Waals surface area (Å²) in [5.41, 5.74) is 7.17. The Morgan fingerprint density at radius 3 is 2.50 bits per heavy atom. The summed E-state index contributed by atoms with van der Waals surface area (Å²) in [6.07, 6.45) is 4.67. The van der Waals surface area contributed by atoms with Gasteiger partial charge in [-0.05, 0) is 31.0 Å². The van der Waals surface area contributed by atoms with E-state index >= 15 is 0 Å². The molecule has 0 aromatic heterocycles. The molecular formula is C14H22N2O3S. The third kappa shape index (κ3) is 3.07. The van der Waals surface area contributed by atoms with Gasteiger partial charge in [0, 0.05) is 13.3 Å². The van der Waals surface area contributed by atoms with Gasteiger partial charge in [0.25, 0.3) is 0 Å². The van der Waals surface area contributed by atoms with Crippen molar-refractivity contribution in [3.63, 3.8) is 0 Å². The second kappa shape index (κ2) is 5.61. The lowest BCUT2D eigenvalue weighted by Gasteiger charge is -2.37. The minimum Gasteiger partial charge on any atom is -0.397 e. The Hall–Kier alpha value is -1.27. The highest BCUT2D eigenvalue weighted by Gasteiger charge is 2.27. The van der Waals surface area contributed by atoms with Crippen LogP contribution in [-0.4, -0.2) is 39.0 Å². The first kappa shape index (κ1) is 15.1. The SMILES string of the molecule is CN(c1ccc(S(C)(=O)=O)cc1N)C1CCCCC1O. The maximum absolute atomic E-state index is 11.5. The Morgan fingerprint density at radius 1 is 1.30 bits per heavy atom. The fourth-order valence-corrected chi connectivity index (χ4v) is 3.46. The molecule has 5 nitrogen and oxygen atoms in total. The summed E-state index contributed by atoms with van der Waals surface area (Å²) in [6.45, 7) is 0. The third-order valence-electron chi connectivity index (χ3n) is 4.00. The van der Waals surface area contributed by atoms with Gasteiger partial charge >= 0.3 is 0 Å². The molecule has 0 heterocycles. The molecule has 0 aliphatic heterocycles. The van der Waals surface area contributed by atoms with Crippen molar-refractivity contribution in [3.05, 3.63) is 18.2 Å². The number of aliphatic hydroxyl groups excluding tert-OH is 1. The van der Waals surface area contributed by atoms with Crippen molar-refractivity contribution in [2.45, 2.75) is 42.7 Å². The van der Waals surface area contributed by atoms with E-state index in [1.807, 2.05) is 11.9 Å².